The number of hydrogen-bond donors (Lipinski definition) is 3. The molecule has 0 saturated heterocycles. The summed E-state index contributed by atoms with van der Waals surface area (Å²) in [5.74, 6) is 0.930. The molecule has 1 atom stereocenters. The number of hydrogen-bond acceptors (Lipinski definition) is 6. The first kappa shape index (κ1) is 30.8. The fourth-order valence-electron chi connectivity index (χ4n) is 5.11. The second-order valence-corrected chi connectivity index (χ2v) is 16.7. The van der Waals surface area contributed by atoms with Gasteiger partial charge in [0.15, 0.2) is 8.32 Å². The molecule has 0 spiro atoms. The molecule has 1 heterocycles. The summed E-state index contributed by atoms with van der Waals surface area (Å²) in [6.07, 6.45) is 0.646. The summed E-state index contributed by atoms with van der Waals surface area (Å²) >= 11 is 0. The van der Waals surface area contributed by atoms with Gasteiger partial charge in [-0.2, -0.15) is 0 Å². The lowest BCUT2D eigenvalue weighted by Crippen LogP contribution is -2.40. The molecule has 0 aliphatic rings. The third kappa shape index (κ3) is 7.59. The number of aromatic amines is 1. The summed E-state index contributed by atoms with van der Waals surface area (Å²) < 4.78 is 58.4. The molecule has 0 aliphatic heterocycles. The molecule has 0 fully saturated rings. The van der Waals surface area contributed by atoms with Crippen molar-refractivity contribution in [2.45, 2.75) is 45.0 Å². The van der Waals surface area contributed by atoms with Crippen LogP contribution in [-0.4, -0.2) is 54.8 Å². The molecule has 4 aromatic rings. The highest BCUT2D eigenvalue weighted by molar-refractivity contribution is 7.92. The number of sulfonamides is 1. The summed E-state index contributed by atoms with van der Waals surface area (Å²) in [5.41, 5.74) is 2.64. The smallest absolute Gasteiger partial charge is 0.229 e. The summed E-state index contributed by atoms with van der Waals surface area (Å²) in [6, 6.07) is 19.3. The van der Waals surface area contributed by atoms with E-state index in [-0.39, 0.29) is 11.8 Å². The monoisotopic (exact) mass is 601 g/mol. The first-order valence-corrected chi connectivity index (χ1v) is 18.4. The Hall–Kier alpha value is -3.12. The van der Waals surface area contributed by atoms with E-state index in [0.717, 1.165) is 63.3 Å². The average molecular weight is 602 g/mol. The Kier molecular flexibility index (Phi) is 9.95. The van der Waals surface area contributed by atoms with E-state index in [1.807, 2.05) is 36.4 Å². The maximum Gasteiger partial charge on any atom is 0.229 e. The van der Waals surface area contributed by atoms with Crippen LogP contribution in [0.2, 0.25) is 18.1 Å². The first-order valence-electron chi connectivity index (χ1n) is 14.0. The van der Waals surface area contributed by atoms with Crippen LogP contribution in [-0.2, 0) is 14.4 Å². The van der Waals surface area contributed by atoms with E-state index >= 15 is 0 Å². The van der Waals surface area contributed by atoms with Gasteiger partial charge in [-0.15, -0.1) is 0 Å². The second-order valence-electron chi connectivity index (χ2n) is 10.3. The molecule has 41 heavy (non-hydrogen) atoms. The molecule has 222 valence electrons. The van der Waals surface area contributed by atoms with Crippen molar-refractivity contribution < 1.29 is 26.7 Å². The second kappa shape index (κ2) is 13.2. The van der Waals surface area contributed by atoms with Crippen molar-refractivity contribution in [2.75, 3.05) is 37.8 Å². The zero-order valence-corrected chi connectivity index (χ0v) is 26.2. The molecular formula is C30H40FN3O5SSi. The standard InChI is InChI=1S/C30H40FN3O5SSi/c1-6-41(7-2,8-3)39-30(21-9-14-26(31)29(17-21)34-40(5,35)36)20-32-15-16-38-23-11-13-25-24-12-10-22(37-4)18-27(24)33-28(25)19-23/h9-14,17-19,30,32-34H,6-8,15-16,20H2,1-5H3. The van der Waals surface area contributed by atoms with Crippen molar-refractivity contribution in [1.82, 2.24) is 10.3 Å². The minimum atomic E-state index is -3.63. The van der Waals surface area contributed by atoms with E-state index in [0.29, 0.717) is 19.7 Å². The van der Waals surface area contributed by atoms with Crippen LogP contribution >= 0.6 is 0 Å². The fourth-order valence-corrected chi connectivity index (χ4v) is 8.49. The van der Waals surface area contributed by atoms with Gasteiger partial charge in [0.1, 0.15) is 23.9 Å². The van der Waals surface area contributed by atoms with Gasteiger partial charge >= 0.3 is 0 Å². The summed E-state index contributed by atoms with van der Waals surface area (Å²) in [6.45, 7) is 7.94. The van der Waals surface area contributed by atoms with Crippen LogP contribution in [0.15, 0.2) is 54.6 Å². The number of benzene rings is 3. The zero-order chi connectivity index (χ0) is 29.6. The highest BCUT2D eigenvalue weighted by Gasteiger charge is 2.32. The van der Waals surface area contributed by atoms with E-state index in [4.69, 9.17) is 13.9 Å². The molecule has 0 saturated carbocycles. The maximum absolute atomic E-state index is 14.4. The van der Waals surface area contributed by atoms with Gasteiger partial charge < -0.3 is 24.2 Å². The molecule has 1 aromatic heterocycles. The number of halogens is 1. The SMILES string of the molecule is CC[Si](CC)(CC)OC(CNCCOc1ccc2c(c1)[nH]c1cc(OC)ccc12)c1ccc(F)c(NS(C)(=O)=O)c1. The molecule has 11 heteroatoms. The van der Waals surface area contributed by atoms with Gasteiger partial charge in [-0.25, -0.2) is 12.8 Å². The van der Waals surface area contributed by atoms with Gasteiger partial charge in [-0.3, -0.25) is 4.72 Å². The number of H-pyrrole nitrogens is 1. The lowest BCUT2D eigenvalue weighted by Gasteiger charge is -2.34. The number of methoxy groups -OCH3 is 1. The Balaban J connectivity index is 1.43. The minimum absolute atomic E-state index is 0.0792. The highest BCUT2D eigenvalue weighted by Crippen LogP contribution is 2.32. The van der Waals surface area contributed by atoms with Crippen LogP contribution in [0.25, 0.3) is 21.8 Å². The van der Waals surface area contributed by atoms with Crippen LogP contribution in [0.5, 0.6) is 11.5 Å². The predicted octanol–water partition coefficient (Wildman–Crippen LogP) is 6.57. The van der Waals surface area contributed by atoms with Gasteiger partial charge in [0.05, 0.1) is 36.2 Å². The van der Waals surface area contributed by atoms with Gasteiger partial charge in [-0.05, 0) is 60.1 Å². The van der Waals surface area contributed by atoms with E-state index in [2.05, 4.69) is 35.8 Å². The van der Waals surface area contributed by atoms with Crippen LogP contribution in [0.4, 0.5) is 10.1 Å². The fraction of sp³-hybridized carbons (Fsp3) is 0.400. The third-order valence-electron chi connectivity index (χ3n) is 7.64. The van der Waals surface area contributed by atoms with Crippen LogP contribution < -0.4 is 19.5 Å². The van der Waals surface area contributed by atoms with Crippen molar-refractivity contribution in [2.24, 2.45) is 0 Å². The van der Waals surface area contributed by atoms with Crippen molar-refractivity contribution in [3.63, 3.8) is 0 Å². The molecule has 1 unspecified atom stereocenters. The average Bonchev–Trinajstić information content (AvgIpc) is 3.32. The summed E-state index contributed by atoms with van der Waals surface area (Å²) in [7, 11) is -4.00. The van der Waals surface area contributed by atoms with Gasteiger partial charge in [0, 0.05) is 36.0 Å². The molecule has 0 aliphatic carbocycles. The van der Waals surface area contributed by atoms with Gasteiger partial charge in [0.25, 0.3) is 0 Å². The molecule has 0 amide bonds. The van der Waals surface area contributed by atoms with E-state index < -0.39 is 24.2 Å². The third-order valence-corrected chi connectivity index (χ3v) is 12.9. The lowest BCUT2D eigenvalue weighted by molar-refractivity contribution is 0.183. The highest BCUT2D eigenvalue weighted by atomic mass is 32.2. The Bertz CT molecular complexity index is 1580. The Morgan fingerprint density at radius 1 is 0.927 bits per heavy atom. The van der Waals surface area contributed by atoms with E-state index in [1.54, 1.807) is 13.2 Å². The molecule has 0 bridgehead atoms. The lowest BCUT2D eigenvalue weighted by atomic mass is 10.1. The number of rotatable bonds is 15. The first-order chi connectivity index (χ1) is 19.6. The van der Waals surface area contributed by atoms with Crippen LogP contribution in [0.1, 0.15) is 32.4 Å². The minimum Gasteiger partial charge on any atom is -0.497 e. The number of aromatic nitrogens is 1. The zero-order valence-electron chi connectivity index (χ0n) is 24.3. The van der Waals surface area contributed by atoms with Crippen LogP contribution in [0.3, 0.4) is 0 Å². The number of ether oxygens (including phenoxy) is 2. The molecule has 0 radical (unpaired) electrons. The van der Waals surface area contributed by atoms with Crippen molar-refractivity contribution in [1.29, 1.82) is 0 Å². The molecular weight excluding hydrogens is 561 g/mol. The van der Waals surface area contributed by atoms with Crippen molar-refractivity contribution in [3.8, 4) is 11.5 Å². The Morgan fingerprint density at radius 2 is 1.56 bits per heavy atom. The molecule has 3 aromatic carbocycles. The topological polar surface area (TPSA) is 102 Å². The van der Waals surface area contributed by atoms with Crippen molar-refractivity contribution in [3.05, 3.63) is 66.0 Å². The quantitative estimate of drug-likeness (QED) is 0.105. The van der Waals surface area contributed by atoms with Crippen molar-refractivity contribution >= 4 is 45.8 Å². The largest absolute Gasteiger partial charge is 0.497 e. The van der Waals surface area contributed by atoms with E-state index in [9.17, 15) is 12.8 Å². The number of anilines is 1. The molecule has 4 rings (SSSR count). The Labute approximate surface area is 242 Å². The Morgan fingerprint density at radius 3 is 2.17 bits per heavy atom. The summed E-state index contributed by atoms with van der Waals surface area (Å²) in [5, 5.41) is 5.67. The van der Waals surface area contributed by atoms with Crippen LogP contribution in [0, 0.1) is 5.82 Å². The maximum atomic E-state index is 14.4. The van der Waals surface area contributed by atoms with E-state index in [1.165, 1.54) is 12.1 Å². The number of fused-ring (bicyclic) bond motifs is 3. The molecule has 8 nitrogen and oxygen atoms in total. The predicted molar refractivity (Wildman–Crippen MR) is 167 cm³/mol. The normalized spacial score (nSPS) is 13.0. The summed E-state index contributed by atoms with van der Waals surface area (Å²) in [4.78, 5) is 3.43. The number of nitrogens with one attached hydrogen (secondary N) is 3. The molecule has 3 N–H and O–H groups in total. The van der Waals surface area contributed by atoms with Gasteiger partial charge in [-0.1, -0.05) is 26.8 Å². The van der Waals surface area contributed by atoms with Gasteiger partial charge in [0.2, 0.25) is 10.0 Å².